The van der Waals surface area contributed by atoms with Crippen LogP contribution in [0.25, 0.3) is 0 Å². The lowest BCUT2D eigenvalue weighted by atomic mass is 10.1. The zero-order chi connectivity index (χ0) is 8.10. The van der Waals surface area contributed by atoms with Crippen LogP contribution in [0, 0.1) is 5.92 Å². The Morgan fingerprint density at radius 1 is 1.09 bits per heavy atom. The molecule has 1 aliphatic rings. The number of hydrogen-bond donors (Lipinski definition) is 0. The van der Waals surface area contributed by atoms with Crippen molar-refractivity contribution in [3.63, 3.8) is 0 Å². The standard InChI is InChI=1S/C10H19N/c1-10(2)6-9-11-7-4-3-5-8-11/h6,9-10H,3-5,7-8H2,1-2H3. The molecular formula is C10H19N. The van der Waals surface area contributed by atoms with E-state index in [9.17, 15) is 0 Å². The van der Waals surface area contributed by atoms with Crippen molar-refractivity contribution in [2.45, 2.75) is 33.1 Å². The van der Waals surface area contributed by atoms with Gasteiger partial charge in [-0.3, -0.25) is 0 Å². The number of piperidine rings is 1. The third-order valence-electron chi connectivity index (χ3n) is 2.07. The van der Waals surface area contributed by atoms with Crippen LogP contribution >= 0.6 is 0 Å². The van der Waals surface area contributed by atoms with Crippen LogP contribution in [0.5, 0.6) is 0 Å². The molecule has 0 aromatic carbocycles. The molecule has 0 atom stereocenters. The van der Waals surface area contributed by atoms with Gasteiger partial charge in [0.25, 0.3) is 0 Å². The Morgan fingerprint density at radius 2 is 1.73 bits per heavy atom. The van der Waals surface area contributed by atoms with Gasteiger partial charge in [0.05, 0.1) is 0 Å². The van der Waals surface area contributed by atoms with Crippen molar-refractivity contribution in [2.24, 2.45) is 5.92 Å². The molecule has 0 saturated carbocycles. The molecule has 0 radical (unpaired) electrons. The fourth-order valence-electron chi connectivity index (χ4n) is 1.36. The number of likely N-dealkylation sites (tertiary alicyclic amines) is 1. The van der Waals surface area contributed by atoms with Crippen LogP contribution in [-0.2, 0) is 0 Å². The van der Waals surface area contributed by atoms with Crippen LogP contribution in [0.2, 0.25) is 0 Å². The molecule has 1 rings (SSSR count). The van der Waals surface area contributed by atoms with Crippen LogP contribution in [0.4, 0.5) is 0 Å². The van der Waals surface area contributed by atoms with Gasteiger partial charge in [-0.2, -0.15) is 0 Å². The van der Waals surface area contributed by atoms with E-state index in [1.807, 2.05) is 0 Å². The minimum absolute atomic E-state index is 0.692. The van der Waals surface area contributed by atoms with Gasteiger partial charge >= 0.3 is 0 Å². The van der Waals surface area contributed by atoms with Crippen molar-refractivity contribution >= 4 is 0 Å². The fraction of sp³-hybridized carbons (Fsp3) is 0.800. The highest BCUT2D eigenvalue weighted by atomic mass is 15.1. The average molecular weight is 153 g/mol. The number of hydrogen-bond acceptors (Lipinski definition) is 1. The highest BCUT2D eigenvalue weighted by Crippen LogP contribution is 2.09. The minimum Gasteiger partial charge on any atom is -0.378 e. The molecule has 0 unspecified atom stereocenters. The van der Waals surface area contributed by atoms with Crippen molar-refractivity contribution < 1.29 is 0 Å². The smallest absolute Gasteiger partial charge is 0.0172 e. The van der Waals surface area contributed by atoms with E-state index < -0.39 is 0 Å². The van der Waals surface area contributed by atoms with Gasteiger partial charge in [0.1, 0.15) is 0 Å². The Kier molecular flexibility index (Phi) is 3.47. The Labute approximate surface area is 70.1 Å². The maximum Gasteiger partial charge on any atom is 0.0172 e. The molecule has 1 saturated heterocycles. The van der Waals surface area contributed by atoms with Crippen molar-refractivity contribution in [3.8, 4) is 0 Å². The molecule has 0 aromatic heterocycles. The third-order valence-corrected chi connectivity index (χ3v) is 2.07. The Bertz CT molecular complexity index is 121. The lowest BCUT2D eigenvalue weighted by Crippen LogP contribution is -2.24. The summed E-state index contributed by atoms with van der Waals surface area (Å²) >= 11 is 0. The molecular weight excluding hydrogens is 134 g/mol. The predicted molar refractivity (Wildman–Crippen MR) is 49.4 cm³/mol. The average Bonchev–Trinajstić information content (AvgIpc) is 2.03. The summed E-state index contributed by atoms with van der Waals surface area (Å²) in [5, 5.41) is 0. The van der Waals surface area contributed by atoms with Gasteiger partial charge in [-0.15, -0.1) is 0 Å². The SMILES string of the molecule is CC(C)C=CN1CCCCC1. The van der Waals surface area contributed by atoms with Gasteiger partial charge in [-0.05, 0) is 31.4 Å². The van der Waals surface area contributed by atoms with Crippen molar-refractivity contribution in [1.82, 2.24) is 4.90 Å². The van der Waals surface area contributed by atoms with Crippen LogP contribution in [0.1, 0.15) is 33.1 Å². The quantitative estimate of drug-likeness (QED) is 0.589. The van der Waals surface area contributed by atoms with E-state index in [0.717, 1.165) is 0 Å². The van der Waals surface area contributed by atoms with E-state index in [4.69, 9.17) is 0 Å². The normalized spacial score (nSPS) is 20.1. The molecule has 0 aliphatic carbocycles. The minimum atomic E-state index is 0.692. The van der Waals surface area contributed by atoms with E-state index in [1.54, 1.807) is 0 Å². The summed E-state index contributed by atoms with van der Waals surface area (Å²) in [4.78, 5) is 2.43. The molecule has 0 N–H and O–H groups in total. The Hall–Kier alpha value is -0.460. The first-order valence-corrected chi connectivity index (χ1v) is 4.71. The molecule has 11 heavy (non-hydrogen) atoms. The first-order chi connectivity index (χ1) is 5.29. The van der Waals surface area contributed by atoms with E-state index in [1.165, 1.54) is 32.4 Å². The van der Waals surface area contributed by atoms with Crippen molar-refractivity contribution in [1.29, 1.82) is 0 Å². The van der Waals surface area contributed by atoms with Gasteiger partial charge in [0, 0.05) is 13.1 Å². The molecule has 1 heteroatoms. The molecule has 0 aromatic rings. The van der Waals surface area contributed by atoms with Gasteiger partial charge in [0.15, 0.2) is 0 Å². The van der Waals surface area contributed by atoms with E-state index in [-0.39, 0.29) is 0 Å². The lowest BCUT2D eigenvalue weighted by molar-refractivity contribution is 0.308. The van der Waals surface area contributed by atoms with Gasteiger partial charge in [0.2, 0.25) is 0 Å². The number of allylic oxidation sites excluding steroid dienone is 1. The summed E-state index contributed by atoms with van der Waals surface area (Å²) < 4.78 is 0. The van der Waals surface area contributed by atoms with E-state index in [2.05, 4.69) is 31.0 Å². The first kappa shape index (κ1) is 8.63. The molecule has 0 spiro atoms. The highest BCUT2D eigenvalue weighted by molar-refractivity contribution is 4.86. The Morgan fingerprint density at radius 3 is 2.27 bits per heavy atom. The summed E-state index contributed by atoms with van der Waals surface area (Å²) in [6, 6.07) is 0. The van der Waals surface area contributed by atoms with Gasteiger partial charge < -0.3 is 4.90 Å². The van der Waals surface area contributed by atoms with E-state index in [0.29, 0.717) is 5.92 Å². The summed E-state index contributed by atoms with van der Waals surface area (Å²) in [5.41, 5.74) is 0. The molecule has 1 aliphatic heterocycles. The molecule has 0 bridgehead atoms. The third kappa shape index (κ3) is 3.45. The molecule has 1 nitrogen and oxygen atoms in total. The molecule has 1 heterocycles. The zero-order valence-electron chi connectivity index (χ0n) is 7.71. The Balaban J connectivity index is 2.23. The first-order valence-electron chi connectivity index (χ1n) is 4.71. The summed E-state index contributed by atoms with van der Waals surface area (Å²) in [7, 11) is 0. The predicted octanol–water partition coefficient (Wildman–Crippen LogP) is 2.64. The van der Waals surface area contributed by atoms with Crippen molar-refractivity contribution in [3.05, 3.63) is 12.3 Å². The summed E-state index contributed by atoms with van der Waals surface area (Å²) in [6.07, 6.45) is 8.73. The molecule has 0 amide bonds. The van der Waals surface area contributed by atoms with Crippen LogP contribution in [0.15, 0.2) is 12.3 Å². The summed E-state index contributed by atoms with van der Waals surface area (Å²) in [6.45, 7) is 6.98. The van der Waals surface area contributed by atoms with Gasteiger partial charge in [-0.25, -0.2) is 0 Å². The number of nitrogens with zero attached hydrogens (tertiary/aromatic N) is 1. The molecule has 1 fully saturated rings. The lowest BCUT2D eigenvalue weighted by Gasteiger charge is -2.24. The second-order valence-electron chi connectivity index (χ2n) is 3.68. The van der Waals surface area contributed by atoms with Crippen LogP contribution in [0.3, 0.4) is 0 Å². The second kappa shape index (κ2) is 4.42. The highest BCUT2D eigenvalue weighted by Gasteiger charge is 2.04. The largest absolute Gasteiger partial charge is 0.378 e. The van der Waals surface area contributed by atoms with E-state index >= 15 is 0 Å². The van der Waals surface area contributed by atoms with Crippen LogP contribution < -0.4 is 0 Å². The monoisotopic (exact) mass is 153 g/mol. The topological polar surface area (TPSA) is 3.24 Å². The zero-order valence-corrected chi connectivity index (χ0v) is 7.71. The maximum atomic E-state index is 2.43. The van der Waals surface area contributed by atoms with Gasteiger partial charge in [-0.1, -0.05) is 19.9 Å². The number of rotatable bonds is 2. The van der Waals surface area contributed by atoms with Crippen LogP contribution in [-0.4, -0.2) is 18.0 Å². The fourth-order valence-corrected chi connectivity index (χ4v) is 1.36. The molecule has 64 valence electrons. The van der Waals surface area contributed by atoms with Crippen molar-refractivity contribution in [2.75, 3.05) is 13.1 Å². The summed E-state index contributed by atoms with van der Waals surface area (Å²) in [5.74, 6) is 0.692. The maximum absolute atomic E-state index is 2.43. The second-order valence-corrected chi connectivity index (χ2v) is 3.68.